The average molecular weight is 409 g/mol. The fourth-order valence-corrected chi connectivity index (χ4v) is 5.89. The Hall–Kier alpha value is -0.510. The van der Waals surface area contributed by atoms with Crippen LogP contribution < -0.4 is 0 Å². The highest BCUT2D eigenvalue weighted by molar-refractivity contribution is 7.90. The largest absolute Gasteiger partial charge is 0.427 e. The van der Waals surface area contributed by atoms with Crippen LogP contribution in [-0.2, 0) is 10.0 Å². The van der Waals surface area contributed by atoms with Gasteiger partial charge in [0.1, 0.15) is 0 Å². The molecule has 0 aromatic rings. The highest BCUT2D eigenvalue weighted by atomic mass is 32.2. The third-order valence-electron chi connectivity index (χ3n) is 5.39. The van der Waals surface area contributed by atoms with Crippen LogP contribution in [0.5, 0.6) is 0 Å². The Kier molecular flexibility index (Phi) is 6.27. The molecule has 2 aliphatic carbocycles. The van der Waals surface area contributed by atoms with E-state index in [4.69, 9.17) is 0 Å². The third kappa shape index (κ3) is 3.72. The number of nitrogens with zero attached hydrogens (tertiary/aromatic N) is 1. The lowest BCUT2D eigenvalue weighted by Gasteiger charge is -2.43. The Bertz CT molecular complexity index is 560. The van der Waals surface area contributed by atoms with Crippen molar-refractivity contribution in [2.75, 3.05) is 0 Å². The van der Waals surface area contributed by atoms with Crippen molar-refractivity contribution in [3.63, 3.8) is 0 Å². The monoisotopic (exact) mass is 409 g/mol. The molecule has 0 atom stereocenters. The number of hydrogen-bond acceptors (Lipinski definition) is 2. The number of hydrogen-bond donors (Lipinski definition) is 0. The minimum absolute atomic E-state index is 0.278. The van der Waals surface area contributed by atoms with E-state index in [0.29, 0.717) is 30.0 Å². The van der Waals surface area contributed by atoms with Crippen molar-refractivity contribution >= 4 is 10.0 Å². The van der Waals surface area contributed by atoms with E-state index >= 15 is 0 Å². The third-order valence-corrected chi connectivity index (χ3v) is 7.44. The summed E-state index contributed by atoms with van der Waals surface area (Å²) in [4.78, 5) is 0. The molecule has 0 aromatic carbocycles. The number of rotatable bonds is 6. The van der Waals surface area contributed by atoms with Crippen LogP contribution in [0.15, 0.2) is 0 Å². The zero-order chi connectivity index (χ0) is 19.8. The van der Waals surface area contributed by atoms with Crippen molar-refractivity contribution in [2.24, 2.45) is 0 Å². The van der Waals surface area contributed by atoms with Gasteiger partial charge in [-0.3, -0.25) is 0 Å². The van der Waals surface area contributed by atoms with E-state index in [-0.39, 0.29) is 32.6 Å². The summed E-state index contributed by atoms with van der Waals surface area (Å²) >= 11 is 0. The number of sulfonamides is 1. The molecule has 0 unspecified atom stereocenters. The van der Waals surface area contributed by atoms with E-state index in [1.807, 2.05) is 0 Å². The SMILES string of the molecule is CC(F)(F)C(F)(F)C(F)(F)S(=O)(=O)N(C1CCCCC1)C1CCCCC1. The molecule has 2 rings (SSSR count). The van der Waals surface area contributed by atoms with Gasteiger partial charge in [-0.05, 0) is 25.7 Å². The summed E-state index contributed by atoms with van der Waals surface area (Å²) < 4.78 is 108. The zero-order valence-electron chi connectivity index (χ0n) is 14.7. The lowest BCUT2D eigenvalue weighted by Crippen LogP contribution is -2.63. The summed E-state index contributed by atoms with van der Waals surface area (Å²) in [5.74, 6) is -11.2. The standard InChI is InChI=1S/C16H25F6NO2S/c1-14(17,18)15(19,20)16(21,22)26(24,25)23(12-8-4-2-5-9-12)13-10-6-3-7-11-13/h12-13H,2-11H2,1H3. The van der Waals surface area contributed by atoms with Crippen molar-refractivity contribution in [3.05, 3.63) is 0 Å². The first kappa shape index (κ1) is 21.8. The van der Waals surface area contributed by atoms with Gasteiger partial charge in [0, 0.05) is 19.0 Å². The van der Waals surface area contributed by atoms with Crippen molar-refractivity contribution in [1.29, 1.82) is 0 Å². The summed E-state index contributed by atoms with van der Waals surface area (Å²) in [6, 6.07) is -1.69. The van der Waals surface area contributed by atoms with Gasteiger partial charge >= 0.3 is 17.1 Å². The summed E-state index contributed by atoms with van der Waals surface area (Å²) in [7, 11) is -5.97. The number of alkyl halides is 6. The average Bonchev–Trinajstić information content (AvgIpc) is 2.55. The van der Waals surface area contributed by atoms with Crippen molar-refractivity contribution in [3.8, 4) is 0 Å². The first-order chi connectivity index (χ1) is 11.8. The molecule has 10 heteroatoms. The second-order valence-electron chi connectivity index (χ2n) is 7.40. The van der Waals surface area contributed by atoms with Crippen LogP contribution in [-0.4, -0.2) is 41.9 Å². The highest BCUT2D eigenvalue weighted by Gasteiger charge is 2.77. The van der Waals surface area contributed by atoms with E-state index in [9.17, 15) is 34.8 Å². The van der Waals surface area contributed by atoms with Crippen LogP contribution >= 0.6 is 0 Å². The highest BCUT2D eigenvalue weighted by Crippen LogP contribution is 2.50. The molecule has 0 amide bonds. The molecule has 26 heavy (non-hydrogen) atoms. The predicted octanol–water partition coefficient (Wildman–Crippen LogP) is 5.17. The molecule has 0 radical (unpaired) electrons. The summed E-state index contributed by atoms with van der Waals surface area (Å²) in [5.41, 5.74) is 0. The van der Waals surface area contributed by atoms with Crippen molar-refractivity contribution in [2.45, 2.75) is 100 Å². The molecule has 0 bridgehead atoms. The van der Waals surface area contributed by atoms with Gasteiger partial charge in [0.25, 0.3) is 10.0 Å². The summed E-state index contributed by atoms with van der Waals surface area (Å²) in [6.45, 7) is -0.387. The van der Waals surface area contributed by atoms with E-state index < -0.39 is 39.2 Å². The molecule has 154 valence electrons. The van der Waals surface area contributed by atoms with Gasteiger partial charge in [0.15, 0.2) is 0 Å². The Labute approximate surface area is 150 Å². The molecule has 2 saturated carbocycles. The Morgan fingerprint density at radius 1 is 0.731 bits per heavy atom. The van der Waals surface area contributed by atoms with Gasteiger partial charge in [0.2, 0.25) is 0 Å². The van der Waals surface area contributed by atoms with Gasteiger partial charge in [-0.1, -0.05) is 38.5 Å². The minimum atomic E-state index is -6.00. The molecule has 0 N–H and O–H groups in total. The maximum atomic E-state index is 14.4. The van der Waals surface area contributed by atoms with Crippen LogP contribution in [0.3, 0.4) is 0 Å². The quantitative estimate of drug-likeness (QED) is 0.568. The summed E-state index contributed by atoms with van der Waals surface area (Å²) in [6.07, 6.45) is 5.08. The van der Waals surface area contributed by atoms with E-state index in [2.05, 4.69) is 0 Å². The lowest BCUT2D eigenvalue weighted by molar-refractivity contribution is -0.272. The van der Waals surface area contributed by atoms with Crippen LogP contribution in [0.2, 0.25) is 0 Å². The first-order valence-electron chi connectivity index (χ1n) is 9.00. The molecular weight excluding hydrogens is 384 g/mol. The Balaban J connectivity index is 2.46. The maximum Gasteiger partial charge on any atom is 0.427 e. The second-order valence-corrected chi connectivity index (χ2v) is 9.28. The molecule has 0 aromatic heterocycles. The normalized spacial score (nSPS) is 22.8. The van der Waals surface area contributed by atoms with Crippen LogP contribution in [0.4, 0.5) is 26.3 Å². The minimum Gasteiger partial charge on any atom is -0.206 e. The predicted molar refractivity (Wildman–Crippen MR) is 85.0 cm³/mol. The van der Waals surface area contributed by atoms with Crippen molar-refractivity contribution < 1.29 is 34.8 Å². The van der Waals surface area contributed by atoms with Gasteiger partial charge in [-0.2, -0.15) is 30.6 Å². The fourth-order valence-electron chi connectivity index (χ4n) is 3.91. The van der Waals surface area contributed by atoms with E-state index in [1.165, 1.54) is 0 Å². The van der Waals surface area contributed by atoms with Crippen LogP contribution in [0.25, 0.3) is 0 Å². The van der Waals surface area contributed by atoms with Gasteiger partial charge in [0.05, 0.1) is 0 Å². The fraction of sp³-hybridized carbons (Fsp3) is 1.00. The molecule has 2 fully saturated rings. The lowest BCUT2D eigenvalue weighted by atomic mass is 9.91. The molecule has 0 saturated heterocycles. The topological polar surface area (TPSA) is 37.4 Å². The van der Waals surface area contributed by atoms with Crippen LogP contribution in [0.1, 0.15) is 71.1 Å². The number of halogens is 6. The maximum absolute atomic E-state index is 14.4. The summed E-state index contributed by atoms with van der Waals surface area (Å²) in [5, 5.41) is -5.88. The molecule has 0 heterocycles. The molecule has 0 spiro atoms. The van der Waals surface area contributed by atoms with Gasteiger partial charge < -0.3 is 0 Å². The molecule has 2 aliphatic rings. The first-order valence-corrected chi connectivity index (χ1v) is 10.4. The van der Waals surface area contributed by atoms with E-state index in [1.54, 1.807) is 0 Å². The molecular formula is C16H25F6NO2S. The Morgan fingerprint density at radius 3 is 1.38 bits per heavy atom. The van der Waals surface area contributed by atoms with E-state index in [0.717, 1.165) is 12.8 Å². The molecule has 0 aliphatic heterocycles. The van der Waals surface area contributed by atoms with Crippen LogP contribution in [0, 0.1) is 0 Å². The smallest absolute Gasteiger partial charge is 0.206 e. The Morgan fingerprint density at radius 2 is 1.08 bits per heavy atom. The van der Waals surface area contributed by atoms with Gasteiger partial charge in [-0.25, -0.2) is 8.42 Å². The second kappa shape index (κ2) is 7.48. The zero-order valence-corrected chi connectivity index (χ0v) is 15.5. The van der Waals surface area contributed by atoms with Crippen molar-refractivity contribution in [1.82, 2.24) is 4.31 Å². The molecule has 3 nitrogen and oxygen atoms in total. The van der Waals surface area contributed by atoms with Gasteiger partial charge in [-0.15, -0.1) is 0 Å².